The number of ether oxygens (including phenoxy) is 1. The zero-order valence-corrected chi connectivity index (χ0v) is 16.1. The average Bonchev–Trinajstić information content (AvgIpc) is 3.17. The van der Waals surface area contributed by atoms with Gasteiger partial charge in [0.2, 0.25) is 5.91 Å². The van der Waals surface area contributed by atoms with Gasteiger partial charge in [-0.25, -0.2) is 4.39 Å². The van der Waals surface area contributed by atoms with Crippen LogP contribution in [0.4, 0.5) is 4.39 Å². The van der Waals surface area contributed by atoms with Crippen LogP contribution >= 0.6 is 0 Å². The molecular formula is C21H28FN3O3. The van der Waals surface area contributed by atoms with Crippen LogP contribution in [0.15, 0.2) is 24.3 Å². The fourth-order valence-corrected chi connectivity index (χ4v) is 4.67. The third kappa shape index (κ3) is 4.29. The van der Waals surface area contributed by atoms with Gasteiger partial charge in [-0.1, -0.05) is 12.8 Å². The maximum absolute atomic E-state index is 12.9. The second-order valence-corrected chi connectivity index (χ2v) is 8.05. The van der Waals surface area contributed by atoms with Gasteiger partial charge in [-0.3, -0.25) is 9.59 Å². The lowest BCUT2D eigenvalue weighted by molar-refractivity contribution is -0.141. The van der Waals surface area contributed by atoms with Gasteiger partial charge in [-0.2, -0.15) is 0 Å². The number of nitrogens with one attached hydrogen (secondary N) is 1. The van der Waals surface area contributed by atoms with Crippen LogP contribution in [0.2, 0.25) is 0 Å². The number of nitrogens with zero attached hydrogens (tertiary/aromatic N) is 2. The molecule has 152 valence electrons. The Kier molecular flexibility index (Phi) is 5.80. The van der Waals surface area contributed by atoms with Crippen LogP contribution < -0.4 is 10.1 Å². The number of benzene rings is 1. The van der Waals surface area contributed by atoms with Crippen molar-refractivity contribution < 1.29 is 18.7 Å². The van der Waals surface area contributed by atoms with E-state index in [-0.39, 0.29) is 30.3 Å². The Bertz CT molecular complexity index is 689. The molecule has 3 atom stereocenters. The van der Waals surface area contributed by atoms with Crippen molar-refractivity contribution in [3.63, 3.8) is 0 Å². The Hall–Kier alpha value is -2.15. The quantitative estimate of drug-likeness (QED) is 0.853. The van der Waals surface area contributed by atoms with Crippen molar-refractivity contribution >= 4 is 11.8 Å². The van der Waals surface area contributed by atoms with Crippen molar-refractivity contribution in [2.75, 3.05) is 32.8 Å². The standard InChI is InChI=1S/C21H28FN3O3/c22-16-5-7-17(8-6-16)28-14-20(26)24-9-11-25(12-10-24)21(27)19-13-15-3-1-2-4-18(15)23-19/h5-8,15,18-19,23H,1-4,9-14H2. The highest BCUT2D eigenvalue weighted by atomic mass is 19.1. The molecule has 0 radical (unpaired) electrons. The largest absolute Gasteiger partial charge is 0.484 e. The molecule has 2 amide bonds. The second kappa shape index (κ2) is 8.47. The summed E-state index contributed by atoms with van der Waals surface area (Å²) in [4.78, 5) is 28.8. The Balaban J connectivity index is 1.22. The number of carbonyl (C=O) groups is 2. The maximum Gasteiger partial charge on any atom is 0.260 e. The maximum atomic E-state index is 12.9. The van der Waals surface area contributed by atoms with E-state index in [1.54, 1.807) is 4.90 Å². The van der Waals surface area contributed by atoms with E-state index in [0.29, 0.717) is 43.9 Å². The van der Waals surface area contributed by atoms with Gasteiger partial charge in [-0.15, -0.1) is 0 Å². The molecule has 2 heterocycles. The minimum atomic E-state index is -0.338. The van der Waals surface area contributed by atoms with Gasteiger partial charge in [0.05, 0.1) is 6.04 Å². The fraction of sp³-hybridized carbons (Fsp3) is 0.619. The van der Waals surface area contributed by atoms with Crippen molar-refractivity contribution in [1.29, 1.82) is 0 Å². The number of carbonyl (C=O) groups excluding carboxylic acids is 2. The first-order chi connectivity index (χ1) is 13.6. The van der Waals surface area contributed by atoms with E-state index < -0.39 is 0 Å². The van der Waals surface area contributed by atoms with Gasteiger partial charge < -0.3 is 19.9 Å². The van der Waals surface area contributed by atoms with Crippen LogP contribution in [-0.4, -0.2) is 66.5 Å². The molecule has 1 aromatic carbocycles. The first-order valence-electron chi connectivity index (χ1n) is 10.3. The van der Waals surface area contributed by atoms with Gasteiger partial charge in [0.15, 0.2) is 6.61 Å². The molecule has 3 unspecified atom stereocenters. The molecule has 4 rings (SSSR count). The normalized spacial score (nSPS) is 27.4. The second-order valence-electron chi connectivity index (χ2n) is 8.05. The number of halogens is 1. The number of hydrogen-bond acceptors (Lipinski definition) is 4. The topological polar surface area (TPSA) is 61.9 Å². The van der Waals surface area contributed by atoms with Crippen molar-refractivity contribution in [1.82, 2.24) is 15.1 Å². The van der Waals surface area contributed by atoms with Gasteiger partial charge in [0.1, 0.15) is 11.6 Å². The van der Waals surface area contributed by atoms with Gasteiger partial charge in [0, 0.05) is 32.2 Å². The summed E-state index contributed by atoms with van der Waals surface area (Å²) in [5.41, 5.74) is 0. The van der Waals surface area contributed by atoms with E-state index in [4.69, 9.17) is 4.74 Å². The third-order valence-electron chi connectivity index (χ3n) is 6.28. The molecular weight excluding hydrogens is 361 g/mol. The summed E-state index contributed by atoms with van der Waals surface area (Å²) in [5.74, 6) is 0.854. The highest BCUT2D eigenvalue weighted by molar-refractivity contribution is 5.83. The van der Waals surface area contributed by atoms with Gasteiger partial charge in [-0.05, 0) is 49.4 Å². The van der Waals surface area contributed by atoms with Crippen LogP contribution in [0.5, 0.6) is 5.75 Å². The average molecular weight is 389 g/mol. The summed E-state index contributed by atoms with van der Waals surface area (Å²) in [6, 6.07) is 6.07. The molecule has 6 nitrogen and oxygen atoms in total. The molecule has 3 fully saturated rings. The lowest BCUT2D eigenvalue weighted by Gasteiger charge is -2.36. The lowest BCUT2D eigenvalue weighted by Crippen LogP contribution is -2.55. The first-order valence-corrected chi connectivity index (χ1v) is 10.3. The molecule has 0 spiro atoms. The summed E-state index contributed by atoms with van der Waals surface area (Å²) in [6.07, 6.45) is 5.91. The summed E-state index contributed by atoms with van der Waals surface area (Å²) in [5, 5.41) is 3.55. The molecule has 7 heteroatoms. The molecule has 0 bridgehead atoms. The zero-order chi connectivity index (χ0) is 19.5. The SMILES string of the molecule is O=C(COc1ccc(F)cc1)N1CCN(C(=O)C2CC3CCCCC3N2)CC1. The number of fused-ring (bicyclic) bond motifs is 1. The predicted octanol–water partition coefficient (Wildman–Crippen LogP) is 1.80. The van der Waals surface area contributed by atoms with E-state index >= 15 is 0 Å². The summed E-state index contributed by atoms with van der Waals surface area (Å²) < 4.78 is 18.3. The smallest absolute Gasteiger partial charge is 0.260 e. The summed E-state index contributed by atoms with van der Waals surface area (Å²) in [7, 11) is 0. The minimum Gasteiger partial charge on any atom is -0.484 e. The molecule has 0 aromatic heterocycles. The van der Waals surface area contributed by atoms with Gasteiger partial charge >= 0.3 is 0 Å². The van der Waals surface area contributed by atoms with E-state index in [1.807, 2.05) is 4.90 Å². The lowest BCUT2D eigenvalue weighted by atomic mass is 9.85. The van der Waals surface area contributed by atoms with Crippen LogP contribution in [0.1, 0.15) is 32.1 Å². The number of rotatable bonds is 4. The minimum absolute atomic E-state index is 0.0582. The van der Waals surface area contributed by atoms with Crippen molar-refractivity contribution in [3.05, 3.63) is 30.1 Å². The van der Waals surface area contributed by atoms with Crippen molar-refractivity contribution in [2.45, 2.75) is 44.2 Å². The molecule has 2 aliphatic heterocycles. The van der Waals surface area contributed by atoms with Crippen molar-refractivity contribution in [3.8, 4) is 5.75 Å². The molecule has 28 heavy (non-hydrogen) atoms. The Morgan fingerprint density at radius 2 is 1.71 bits per heavy atom. The molecule has 2 saturated heterocycles. The van der Waals surface area contributed by atoms with Gasteiger partial charge in [0.25, 0.3) is 5.91 Å². The van der Waals surface area contributed by atoms with Crippen LogP contribution in [0.3, 0.4) is 0 Å². The molecule has 1 N–H and O–H groups in total. The zero-order valence-electron chi connectivity index (χ0n) is 16.1. The van der Waals surface area contributed by atoms with E-state index in [0.717, 1.165) is 6.42 Å². The molecule has 3 aliphatic rings. The highest BCUT2D eigenvalue weighted by Gasteiger charge is 2.40. The monoisotopic (exact) mass is 389 g/mol. The van der Waals surface area contributed by atoms with Crippen LogP contribution in [-0.2, 0) is 9.59 Å². The van der Waals surface area contributed by atoms with Crippen LogP contribution in [0, 0.1) is 11.7 Å². The van der Waals surface area contributed by atoms with Crippen LogP contribution in [0.25, 0.3) is 0 Å². The number of hydrogen-bond donors (Lipinski definition) is 1. The molecule has 1 aliphatic carbocycles. The highest BCUT2D eigenvalue weighted by Crippen LogP contribution is 2.33. The first kappa shape index (κ1) is 19.2. The number of piperazine rings is 1. The van der Waals surface area contributed by atoms with Crippen molar-refractivity contribution in [2.24, 2.45) is 5.92 Å². The summed E-state index contributed by atoms with van der Waals surface area (Å²) >= 11 is 0. The Labute approximate surface area is 165 Å². The van der Waals surface area contributed by atoms with E-state index in [2.05, 4.69) is 5.32 Å². The fourth-order valence-electron chi connectivity index (χ4n) is 4.67. The predicted molar refractivity (Wildman–Crippen MR) is 102 cm³/mol. The number of amides is 2. The van der Waals surface area contributed by atoms with E-state index in [9.17, 15) is 14.0 Å². The summed E-state index contributed by atoms with van der Waals surface area (Å²) in [6.45, 7) is 2.10. The molecule has 1 saturated carbocycles. The Morgan fingerprint density at radius 1 is 1.04 bits per heavy atom. The van der Waals surface area contributed by atoms with E-state index in [1.165, 1.54) is 49.9 Å². The molecule has 1 aromatic rings. The Morgan fingerprint density at radius 3 is 2.43 bits per heavy atom. The third-order valence-corrected chi connectivity index (χ3v) is 6.28.